The van der Waals surface area contributed by atoms with Gasteiger partial charge in [-0.3, -0.25) is 9.48 Å². The summed E-state index contributed by atoms with van der Waals surface area (Å²) in [6, 6.07) is 1.97. The average Bonchev–Trinajstić information content (AvgIpc) is 2.74. The Kier molecular flexibility index (Phi) is 3.10. The minimum absolute atomic E-state index is 0.0650. The SMILES string of the molecule is Cc1cc(CC(=O)C2CCOC2C)n(C)n1. The Bertz CT molecular complexity index is 398. The van der Waals surface area contributed by atoms with Crippen molar-refractivity contribution >= 4 is 5.78 Å². The van der Waals surface area contributed by atoms with Crippen LogP contribution in [0.1, 0.15) is 24.7 Å². The monoisotopic (exact) mass is 222 g/mol. The van der Waals surface area contributed by atoms with E-state index in [2.05, 4.69) is 5.10 Å². The largest absolute Gasteiger partial charge is 0.378 e. The van der Waals surface area contributed by atoms with Gasteiger partial charge in [0.15, 0.2) is 0 Å². The molecule has 0 spiro atoms. The van der Waals surface area contributed by atoms with Gasteiger partial charge in [-0.15, -0.1) is 0 Å². The van der Waals surface area contributed by atoms with Gasteiger partial charge in [0.2, 0.25) is 0 Å². The number of hydrogen-bond acceptors (Lipinski definition) is 3. The minimum Gasteiger partial charge on any atom is -0.378 e. The molecule has 1 saturated heterocycles. The van der Waals surface area contributed by atoms with Gasteiger partial charge in [-0.25, -0.2) is 0 Å². The van der Waals surface area contributed by atoms with E-state index in [1.54, 1.807) is 4.68 Å². The molecule has 1 fully saturated rings. The quantitative estimate of drug-likeness (QED) is 0.773. The summed E-state index contributed by atoms with van der Waals surface area (Å²) >= 11 is 0. The number of carbonyl (C=O) groups is 1. The van der Waals surface area contributed by atoms with Gasteiger partial charge < -0.3 is 4.74 Å². The third-order valence-electron chi connectivity index (χ3n) is 3.24. The lowest BCUT2D eigenvalue weighted by molar-refractivity contribution is -0.123. The molecular formula is C12H18N2O2. The Labute approximate surface area is 95.6 Å². The van der Waals surface area contributed by atoms with Crippen LogP contribution >= 0.6 is 0 Å². The maximum Gasteiger partial charge on any atom is 0.144 e. The molecule has 0 N–H and O–H groups in total. The van der Waals surface area contributed by atoms with Crippen molar-refractivity contribution in [1.82, 2.24) is 9.78 Å². The van der Waals surface area contributed by atoms with Crippen LogP contribution < -0.4 is 0 Å². The number of ether oxygens (including phenoxy) is 1. The van der Waals surface area contributed by atoms with E-state index in [1.807, 2.05) is 27.0 Å². The molecule has 0 aliphatic carbocycles. The van der Waals surface area contributed by atoms with Crippen molar-refractivity contribution in [2.24, 2.45) is 13.0 Å². The summed E-state index contributed by atoms with van der Waals surface area (Å²) in [5.41, 5.74) is 1.95. The van der Waals surface area contributed by atoms with Gasteiger partial charge in [-0.1, -0.05) is 0 Å². The van der Waals surface area contributed by atoms with Crippen molar-refractivity contribution in [3.05, 3.63) is 17.5 Å². The van der Waals surface area contributed by atoms with E-state index in [0.29, 0.717) is 13.0 Å². The molecule has 2 unspecified atom stereocenters. The smallest absolute Gasteiger partial charge is 0.144 e. The van der Waals surface area contributed by atoms with E-state index in [1.165, 1.54) is 0 Å². The fourth-order valence-electron chi connectivity index (χ4n) is 2.29. The normalized spacial score (nSPS) is 24.9. The van der Waals surface area contributed by atoms with Gasteiger partial charge in [-0.2, -0.15) is 5.10 Å². The van der Waals surface area contributed by atoms with Crippen LogP contribution in [0, 0.1) is 12.8 Å². The molecule has 0 aromatic carbocycles. The third kappa shape index (κ3) is 2.16. The summed E-state index contributed by atoms with van der Waals surface area (Å²) in [6.45, 7) is 4.63. The maximum atomic E-state index is 12.1. The number of rotatable bonds is 3. The Morgan fingerprint density at radius 2 is 2.44 bits per heavy atom. The number of hydrogen-bond donors (Lipinski definition) is 0. The van der Waals surface area contributed by atoms with E-state index >= 15 is 0 Å². The van der Waals surface area contributed by atoms with E-state index in [9.17, 15) is 4.79 Å². The molecule has 4 nitrogen and oxygen atoms in total. The van der Waals surface area contributed by atoms with Crippen LogP contribution in [-0.4, -0.2) is 28.3 Å². The van der Waals surface area contributed by atoms with Crippen LogP contribution in [0.25, 0.3) is 0 Å². The van der Waals surface area contributed by atoms with Gasteiger partial charge in [0.05, 0.1) is 11.8 Å². The molecule has 2 rings (SSSR count). The Morgan fingerprint density at radius 1 is 1.69 bits per heavy atom. The van der Waals surface area contributed by atoms with Crippen LogP contribution in [0.5, 0.6) is 0 Å². The Balaban J connectivity index is 2.04. The minimum atomic E-state index is 0.0650. The number of aryl methyl sites for hydroxylation is 2. The molecule has 1 aromatic rings. The summed E-state index contributed by atoms with van der Waals surface area (Å²) in [4.78, 5) is 12.1. The predicted octanol–water partition coefficient (Wildman–Crippen LogP) is 1.27. The first-order valence-electron chi connectivity index (χ1n) is 5.71. The molecule has 0 radical (unpaired) electrons. The zero-order valence-electron chi connectivity index (χ0n) is 10.1. The van der Waals surface area contributed by atoms with Gasteiger partial charge >= 0.3 is 0 Å². The molecule has 88 valence electrons. The number of ketones is 1. The summed E-state index contributed by atoms with van der Waals surface area (Å²) in [6.07, 6.45) is 1.40. The molecule has 2 atom stereocenters. The van der Waals surface area contributed by atoms with E-state index < -0.39 is 0 Å². The lowest BCUT2D eigenvalue weighted by atomic mass is 9.94. The molecular weight excluding hydrogens is 204 g/mol. The predicted molar refractivity (Wildman–Crippen MR) is 60.2 cm³/mol. The maximum absolute atomic E-state index is 12.1. The molecule has 1 aliphatic rings. The molecule has 0 bridgehead atoms. The van der Waals surface area contributed by atoms with Crippen LogP contribution in [0.4, 0.5) is 0 Å². The Morgan fingerprint density at radius 3 is 2.94 bits per heavy atom. The first-order chi connectivity index (χ1) is 7.58. The lowest BCUT2D eigenvalue weighted by Gasteiger charge is -2.12. The molecule has 0 amide bonds. The number of nitrogens with zero attached hydrogens (tertiary/aromatic N) is 2. The fourth-order valence-corrected chi connectivity index (χ4v) is 2.29. The Hall–Kier alpha value is -1.16. The number of Topliss-reactive ketones (excluding diaryl/α,β-unsaturated/α-hetero) is 1. The van der Waals surface area contributed by atoms with Crippen molar-refractivity contribution in [2.75, 3.05) is 6.61 Å². The van der Waals surface area contributed by atoms with Crippen LogP contribution in [0.3, 0.4) is 0 Å². The van der Waals surface area contributed by atoms with Gasteiger partial charge in [0.25, 0.3) is 0 Å². The van der Waals surface area contributed by atoms with Gasteiger partial charge in [-0.05, 0) is 26.3 Å². The third-order valence-corrected chi connectivity index (χ3v) is 3.24. The highest BCUT2D eigenvalue weighted by atomic mass is 16.5. The van der Waals surface area contributed by atoms with Gasteiger partial charge in [0, 0.05) is 31.7 Å². The highest BCUT2D eigenvalue weighted by molar-refractivity contribution is 5.83. The van der Waals surface area contributed by atoms with Crippen LogP contribution in [0.15, 0.2) is 6.07 Å². The average molecular weight is 222 g/mol. The highest BCUT2D eigenvalue weighted by Crippen LogP contribution is 2.22. The molecule has 1 aromatic heterocycles. The summed E-state index contributed by atoms with van der Waals surface area (Å²) in [5, 5.41) is 4.24. The summed E-state index contributed by atoms with van der Waals surface area (Å²) < 4.78 is 7.20. The second kappa shape index (κ2) is 4.37. The molecule has 4 heteroatoms. The fraction of sp³-hybridized carbons (Fsp3) is 0.667. The summed E-state index contributed by atoms with van der Waals surface area (Å²) in [7, 11) is 1.88. The second-order valence-corrected chi connectivity index (χ2v) is 4.51. The van der Waals surface area contributed by atoms with Crippen molar-refractivity contribution < 1.29 is 9.53 Å². The zero-order valence-corrected chi connectivity index (χ0v) is 10.1. The highest BCUT2D eigenvalue weighted by Gasteiger charge is 2.30. The first-order valence-corrected chi connectivity index (χ1v) is 5.71. The lowest BCUT2D eigenvalue weighted by Crippen LogP contribution is -2.24. The number of aromatic nitrogens is 2. The molecule has 2 heterocycles. The van der Waals surface area contributed by atoms with Gasteiger partial charge in [0.1, 0.15) is 5.78 Å². The van der Waals surface area contributed by atoms with E-state index in [4.69, 9.17) is 4.74 Å². The van der Waals surface area contributed by atoms with Crippen molar-refractivity contribution in [3.8, 4) is 0 Å². The summed E-state index contributed by atoms with van der Waals surface area (Å²) in [5.74, 6) is 0.336. The van der Waals surface area contributed by atoms with Crippen LogP contribution in [0.2, 0.25) is 0 Å². The topological polar surface area (TPSA) is 44.1 Å². The van der Waals surface area contributed by atoms with E-state index in [-0.39, 0.29) is 17.8 Å². The van der Waals surface area contributed by atoms with Crippen LogP contribution in [-0.2, 0) is 23.0 Å². The molecule has 0 saturated carbocycles. The molecule has 1 aliphatic heterocycles. The van der Waals surface area contributed by atoms with Crippen molar-refractivity contribution in [2.45, 2.75) is 32.8 Å². The number of carbonyl (C=O) groups excluding carboxylic acids is 1. The van der Waals surface area contributed by atoms with Crippen molar-refractivity contribution in [1.29, 1.82) is 0 Å². The standard InChI is InChI=1S/C12H18N2O2/c1-8-6-10(14(3)13-8)7-12(15)11-4-5-16-9(11)2/h6,9,11H,4-5,7H2,1-3H3. The van der Waals surface area contributed by atoms with E-state index in [0.717, 1.165) is 17.8 Å². The van der Waals surface area contributed by atoms with Crippen molar-refractivity contribution in [3.63, 3.8) is 0 Å². The zero-order chi connectivity index (χ0) is 11.7. The first kappa shape index (κ1) is 11.3. The second-order valence-electron chi connectivity index (χ2n) is 4.51. The molecule has 16 heavy (non-hydrogen) atoms.